The van der Waals surface area contributed by atoms with Crippen molar-refractivity contribution in [3.05, 3.63) is 30.3 Å². The zero-order valence-electron chi connectivity index (χ0n) is 11.1. The molecule has 0 bridgehead atoms. The molecule has 102 valence electrons. The number of tetrazole rings is 1. The molecule has 1 atom stereocenters. The predicted molar refractivity (Wildman–Crippen MR) is 77.4 cm³/mol. The maximum Gasteiger partial charge on any atom is 0.214 e. The van der Waals surface area contributed by atoms with E-state index in [9.17, 15) is 0 Å². The smallest absolute Gasteiger partial charge is 0.214 e. The van der Waals surface area contributed by atoms with Gasteiger partial charge in [0.2, 0.25) is 5.16 Å². The number of unbranched alkanes of at least 4 members (excludes halogenated alkanes) is 1. The Morgan fingerprint density at radius 2 is 2.05 bits per heavy atom. The summed E-state index contributed by atoms with van der Waals surface area (Å²) in [7, 11) is 0. The SMILES string of the molecule is CC(N)CCCCSc1nnnn1-c1ccccc1. The Balaban J connectivity index is 1.87. The number of hydrogen-bond donors (Lipinski definition) is 1. The van der Waals surface area contributed by atoms with Crippen molar-refractivity contribution in [2.24, 2.45) is 5.73 Å². The Bertz CT molecular complexity index is 483. The fraction of sp³-hybridized carbons (Fsp3) is 0.462. The van der Waals surface area contributed by atoms with Gasteiger partial charge in [-0.2, -0.15) is 4.68 Å². The first-order chi connectivity index (χ1) is 9.27. The molecule has 0 aliphatic carbocycles. The third kappa shape index (κ3) is 4.33. The predicted octanol–water partition coefficient (Wildman–Crippen LogP) is 2.27. The molecule has 2 N–H and O–H groups in total. The molecular weight excluding hydrogens is 258 g/mol. The molecule has 0 spiro atoms. The summed E-state index contributed by atoms with van der Waals surface area (Å²) in [5, 5.41) is 12.7. The number of nitrogens with zero attached hydrogens (tertiary/aromatic N) is 4. The van der Waals surface area contributed by atoms with E-state index < -0.39 is 0 Å². The lowest BCUT2D eigenvalue weighted by molar-refractivity contribution is 0.618. The molecule has 0 saturated heterocycles. The van der Waals surface area contributed by atoms with Crippen molar-refractivity contribution >= 4 is 11.8 Å². The molecule has 2 rings (SSSR count). The van der Waals surface area contributed by atoms with Gasteiger partial charge in [0.05, 0.1) is 5.69 Å². The highest BCUT2D eigenvalue weighted by Crippen LogP contribution is 2.19. The molecule has 0 aliphatic rings. The summed E-state index contributed by atoms with van der Waals surface area (Å²) in [5.74, 6) is 1.01. The van der Waals surface area contributed by atoms with Crippen LogP contribution in [0.15, 0.2) is 35.5 Å². The fourth-order valence-electron chi connectivity index (χ4n) is 1.73. The maximum absolute atomic E-state index is 5.73. The Kier molecular flexibility index (Phi) is 5.35. The van der Waals surface area contributed by atoms with Crippen LogP contribution in [-0.4, -0.2) is 32.0 Å². The molecular formula is C13H19N5S. The molecule has 1 unspecified atom stereocenters. The normalized spacial score (nSPS) is 12.5. The van der Waals surface area contributed by atoms with Gasteiger partial charge < -0.3 is 5.73 Å². The first kappa shape index (κ1) is 14.0. The van der Waals surface area contributed by atoms with E-state index in [2.05, 4.69) is 15.5 Å². The number of hydrogen-bond acceptors (Lipinski definition) is 5. The van der Waals surface area contributed by atoms with E-state index >= 15 is 0 Å². The van der Waals surface area contributed by atoms with Crippen molar-refractivity contribution < 1.29 is 0 Å². The van der Waals surface area contributed by atoms with E-state index in [1.807, 2.05) is 37.3 Å². The van der Waals surface area contributed by atoms with Crippen molar-refractivity contribution in [2.75, 3.05) is 5.75 Å². The summed E-state index contributed by atoms with van der Waals surface area (Å²) in [4.78, 5) is 0. The minimum absolute atomic E-state index is 0.291. The summed E-state index contributed by atoms with van der Waals surface area (Å²) in [6.45, 7) is 2.04. The minimum atomic E-state index is 0.291. The Morgan fingerprint density at radius 1 is 1.26 bits per heavy atom. The van der Waals surface area contributed by atoms with Crippen molar-refractivity contribution in [2.45, 2.75) is 37.4 Å². The molecule has 0 radical (unpaired) electrons. The molecule has 5 nitrogen and oxygen atoms in total. The maximum atomic E-state index is 5.73. The molecule has 1 heterocycles. The first-order valence-corrected chi connectivity index (χ1v) is 7.48. The van der Waals surface area contributed by atoms with Crippen LogP contribution in [0.25, 0.3) is 5.69 Å². The molecule has 6 heteroatoms. The van der Waals surface area contributed by atoms with Gasteiger partial charge in [-0.25, -0.2) is 0 Å². The Hall–Kier alpha value is -1.40. The van der Waals surface area contributed by atoms with Crippen molar-refractivity contribution in [3.8, 4) is 5.69 Å². The van der Waals surface area contributed by atoms with Crippen LogP contribution in [-0.2, 0) is 0 Å². The molecule has 1 aromatic carbocycles. The molecule has 0 amide bonds. The van der Waals surface area contributed by atoms with E-state index in [1.165, 1.54) is 0 Å². The van der Waals surface area contributed by atoms with Crippen LogP contribution in [0, 0.1) is 0 Å². The second-order valence-corrected chi connectivity index (χ2v) is 5.59. The average molecular weight is 277 g/mol. The summed E-state index contributed by atoms with van der Waals surface area (Å²) < 4.78 is 1.77. The van der Waals surface area contributed by atoms with Crippen LogP contribution in [0.1, 0.15) is 26.2 Å². The number of benzene rings is 1. The van der Waals surface area contributed by atoms with Gasteiger partial charge in [0.25, 0.3) is 0 Å². The zero-order valence-corrected chi connectivity index (χ0v) is 11.9. The van der Waals surface area contributed by atoms with E-state index in [-0.39, 0.29) is 0 Å². The van der Waals surface area contributed by atoms with Crippen molar-refractivity contribution in [1.29, 1.82) is 0 Å². The van der Waals surface area contributed by atoms with Crippen LogP contribution in [0.5, 0.6) is 0 Å². The van der Waals surface area contributed by atoms with Gasteiger partial charge >= 0.3 is 0 Å². The van der Waals surface area contributed by atoms with Crippen LogP contribution in [0.3, 0.4) is 0 Å². The van der Waals surface area contributed by atoms with Gasteiger partial charge in [-0.15, -0.1) is 5.10 Å². The average Bonchev–Trinajstić information content (AvgIpc) is 2.87. The topological polar surface area (TPSA) is 69.6 Å². The summed E-state index contributed by atoms with van der Waals surface area (Å²) in [6, 6.07) is 10.2. The Labute approximate surface area is 117 Å². The highest BCUT2D eigenvalue weighted by molar-refractivity contribution is 7.99. The monoisotopic (exact) mass is 277 g/mol. The second kappa shape index (κ2) is 7.25. The van der Waals surface area contributed by atoms with Gasteiger partial charge in [-0.3, -0.25) is 0 Å². The zero-order chi connectivity index (χ0) is 13.5. The van der Waals surface area contributed by atoms with Crippen molar-refractivity contribution in [1.82, 2.24) is 20.2 Å². The molecule has 0 fully saturated rings. The molecule has 19 heavy (non-hydrogen) atoms. The highest BCUT2D eigenvalue weighted by atomic mass is 32.2. The molecule has 1 aromatic heterocycles. The lowest BCUT2D eigenvalue weighted by Crippen LogP contribution is -2.14. The summed E-state index contributed by atoms with van der Waals surface area (Å²) in [5.41, 5.74) is 6.72. The van der Waals surface area contributed by atoms with Gasteiger partial charge in [0.15, 0.2) is 0 Å². The second-order valence-electron chi connectivity index (χ2n) is 4.53. The molecule has 0 saturated carbocycles. The lowest BCUT2D eigenvalue weighted by Gasteiger charge is -2.05. The van der Waals surface area contributed by atoms with E-state index in [4.69, 9.17) is 5.73 Å². The third-order valence-corrected chi connectivity index (χ3v) is 3.73. The number of aromatic nitrogens is 4. The minimum Gasteiger partial charge on any atom is -0.328 e. The molecule has 2 aromatic rings. The summed E-state index contributed by atoms with van der Waals surface area (Å²) >= 11 is 1.69. The van der Waals surface area contributed by atoms with Crippen LogP contribution in [0.2, 0.25) is 0 Å². The van der Waals surface area contributed by atoms with Crippen molar-refractivity contribution in [3.63, 3.8) is 0 Å². The molecule has 0 aliphatic heterocycles. The van der Waals surface area contributed by atoms with Gasteiger partial charge in [0, 0.05) is 11.8 Å². The van der Waals surface area contributed by atoms with Gasteiger partial charge in [-0.1, -0.05) is 36.4 Å². The van der Waals surface area contributed by atoms with E-state index in [0.29, 0.717) is 6.04 Å². The quantitative estimate of drug-likeness (QED) is 0.621. The standard InChI is InChI=1S/C13H19N5S/c1-11(14)7-5-6-10-19-13-15-16-17-18(13)12-8-3-2-4-9-12/h2-4,8-9,11H,5-7,10,14H2,1H3. The van der Waals surface area contributed by atoms with E-state index in [1.54, 1.807) is 16.4 Å². The summed E-state index contributed by atoms with van der Waals surface area (Å²) in [6.07, 6.45) is 3.36. The largest absolute Gasteiger partial charge is 0.328 e. The number of rotatable bonds is 7. The fourth-order valence-corrected chi connectivity index (χ4v) is 2.62. The van der Waals surface area contributed by atoms with Crippen LogP contribution in [0.4, 0.5) is 0 Å². The van der Waals surface area contributed by atoms with Crippen LogP contribution >= 0.6 is 11.8 Å². The van der Waals surface area contributed by atoms with Gasteiger partial charge in [-0.05, 0) is 42.3 Å². The highest BCUT2D eigenvalue weighted by Gasteiger charge is 2.08. The number of para-hydroxylation sites is 1. The van der Waals surface area contributed by atoms with Crippen LogP contribution < -0.4 is 5.73 Å². The first-order valence-electron chi connectivity index (χ1n) is 6.49. The number of nitrogens with two attached hydrogens (primary N) is 1. The van der Waals surface area contributed by atoms with E-state index in [0.717, 1.165) is 35.9 Å². The third-order valence-electron chi connectivity index (χ3n) is 2.73. The number of thioether (sulfide) groups is 1. The Morgan fingerprint density at radius 3 is 2.79 bits per heavy atom. The lowest BCUT2D eigenvalue weighted by atomic mass is 10.2. The van der Waals surface area contributed by atoms with Gasteiger partial charge in [0.1, 0.15) is 0 Å².